The number of nitrogens with one attached hydrogen (secondary N) is 3. The number of likely N-dealkylation sites (tertiary alicyclic amines) is 1. The Morgan fingerprint density at radius 2 is 1.74 bits per heavy atom. The van der Waals surface area contributed by atoms with Crippen LogP contribution in [0.4, 0.5) is 5.69 Å². The van der Waals surface area contributed by atoms with Crippen molar-refractivity contribution in [3.8, 4) is 0 Å². The van der Waals surface area contributed by atoms with Gasteiger partial charge in [0.25, 0.3) is 0 Å². The number of carbonyl (C=O) groups is 1. The fourth-order valence-electron chi connectivity index (χ4n) is 3.81. The van der Waals surface area contributed by atoms with Crippen molar-refractivity contribution in [2.75, 3.05) is 25.5 Å². The maximum absolute atomic E-state index is 11.7. The van der Waals surface area contributed by atoms with Gasteiger partial charge in [-0.15, -0.1) is 0 Å². The Hall–Kier alpha value is -2.86. The highest BCUT2D eigenvalue weighted by Gasteiger charge is 2.20. The Bertz CT molecular complexity index is 827. The lowest BCUT2D eigenvalue weighted by molar-refractivity contribution is -0.116. The SMILES string of the molecule is CCCC(=O)Nc1ccc(CNC(=NC)NC2CCN(Cc3ccccc3)CC2)cc1. The van der Waals surface area contributed by atoms with Crippen LogP contribution in [0.2, 0.25) is 0 Å². The number of hydrogen-bond donors (Lipinski definition) is 3. The Labute approximate surface area is 186 Å². The largest absolute Gasteiger partial charge is 0.354 e. The number of hydrogen-bond acceptors (Lipinski definition) is 3. The summed E-state index contributed by atoms with van der Waals surface area (Å²) in [6.45, 7) is 5.90. The lowest BCUT2D eigenvalue weighted by atomic mass is 10.0. The van der Waals surface area contributed by atoms with Crippen LogP contribution < -0.4 is 16.0 Å². The van der Waals surface area contributed by atoms with Crippen molar-refractivity contribution in [3.05, 3.63) is 65.7 Å². The number of aliphatic imine (C=N–C) groups is 1. The average Bonchev–Trinajstić information content (AvgIpc) is 2.79. The van der Waals surface area contributed by atoms with Crippen LogP contribution in [-0.2, 0) is 17.9 Å². The van der Waals surface area contributed by atoms with Gasteiger partial charge in [-0.2, -0.15) is 0 Å². The van der Waals surface area contributed by atoms with E-state index in [0.717, 1.165) is 56.1 Å². The van der Waals surface area contributed by atoms with Gasteiger partial charge < -0.3 is 16.0 Å². The summed E-state index contributed by atoms with van der Waals surface area (Å²) in [5.41, 5.74) is 3.36. The zero-order valence-electron chi connectivity index (χ0n) is 18.7. The third-order valence-corrected chi connectivity index (χ3v) is 5.58. The molecule has 0 aromatic heterocycles. The van der Waals surface area contributed by atoms with Crippen molar-refractivity contribution < 1.29 is 4.79 Å². The molecule has 166 valence electrons. The molecule has 3 rings (SSSR count). The molecule has 0 spiro atoms. The van der Waals surface area contributed by atoms with E-state index >= 15 is 0 Å². The van der Waals surface area contributed by atoms with E-state index in [1.54, 1.807) is 0 Å². The maximum Gasteiger partial charge on any atom is 0.224 e. The van der Waals surface area contributed by atoms with Gasteiger partial charge in [0.2, 0.25) is 5.91 Å². The van der Waals surface area contributed by atoms with Crippen molar-refractivity contribution in [1.29, 1.82) is 0 Å². The number of nitrogens with zero attached hydrogens (tertiary/aromatic N) is 2. The van der Waals surface area contributed by atoms with Crippen LogP contribution in [0.15, 0.2) is 59.6 Å². The normalized spacial score (nSPS) is 15.5. The predicted octanol–water partition coefficient (Wildman–Crippen LogP) is 3.75. The van der Waals surface area contributed by atoms with Gasteiger partial charge in [-0.05, 0) is 42.5 Å². The first kappa shape index (κ1) is 22.8. The topological polar surface area (TPSA) is 68.8 Å². The van der Waals surface area contributed by atoms with Crippen LogP contribution >= 0.6 is 0 Å². The molecule has 1 fully saturated rings. The van der Waals surface area contributed by atoms with Gasteiger partial charge in [-0.1, -0.05) is 49.4 Å². The minimum absolute atomic E-state index is 0.0628. The van der Waals surface area contributed by atoms with Crippen LogP contribution in [0.25, 0.3) is 0 Å². The van der Waals surface area contributed by atoms with E-state index in [9.17, 15) is 4.79 Å². The van der Waals surface area contributed by atoms with Gasteiger partial charge >= 0.3 is 0 Å². The standard InChI is InChI=1S/C25H35N5O/c1-3-7-24(31)28-22-12-10-20(11-13-22)18-27-25(26-2)29-23-14-16-30(17-15-23)19-21-8-5-4-6-9-21/h4-6,8-13,23H,3,7,14-19H2,1-2H3,(H,28,31)(H2,26,27,29). The molecule has 0 atom stereocenters. The minimum atomic E-state index is 0.0628. The van der Waals surface area contributed by atoms with E-state index in [-0.39, 0.29) is 5.91 Å². The second-order valence-corrected chi connectivity index (χ2v) is 8.10. The number of guanidine groups is 1. The fraction of sp³-hybridized carbons (Fsp3) is 0.440. The van der Waals surface area contributed by atoms with Crippen molar-refractivity contribution in [3.63, 3.8) is 0 Å². The summed E-state index contributed by atoms with van der Waals surface area (Å²) in [6, 6.07) is 19.1. The number of anilines is 1. The average molecular weight is 422 g/mol. The fourth-order valence-corrected chi connectivity index (χ4v) is 3.81. The maximum atomic E-state index is 11.7. The molecule has 1 amide bonds. The van der Waals surface area contributed by atoms with E-state index in [1.165, 1.54) is 5.56 Å². The second kappa shape index (κ2) is 12.1. The van der Waals surface area contributed by atoms with E-state index in [2.05, 4.69) is 56.2 Å². The summed E-state index contributed by atoms with van der Waals surface area (Å²) < 4.78 is 0. The molecule has 6 nitrogen and oxygen atoms in total. The Morgan fingerprint density at radius 1 is 1.03 bits per heavy atom. The van der Waals surface area contributed by atoms with Crippen molar-refractivity contribution in [1.82, 2.24) is 15.5 Å². The van der Waals surface area contributed by atoms with E-state index in [1.807, 2.05) is 38.2 Å². The Balaban J connectivity index is 1.39. The van der Waals surface area contributed by atoms with E-state index < -0.39 is 0 Å². The summed E-state index contributed by atoms with van der Waals surface area (Å²) in [4.78, 5) is 18.6. The van der Waals surface area contributed by atoms with Crippen LogP contribution in [0.5, 0.6) is 0 Å². The number of carbonyl (C=O) groups excluding carboxylic acids is 1. The molecule has 1 saturated heterocycles. The summed E-state index contributed by atoms with van der Waals surface area (Å²) >= 11 is 0. The minimum Gasteiger partial charge on any atom is -0.354 e. The number of piperidine rings is 1. The summed E-state index contributed by atoms with van der Waals surface area (Å²) in [7, 11) is 1.81. The third-order valence-electron chi connectivity index (χ3n) is 5.58. The highest BCUT2D eigenvalue weighted by Crippen LogP contribution is 2.14. The quantitative estimate of drug-likeness (QED) is 0.448. The molecule has 1 heterocycles. The predicted molar refractivity (Wildman–Crippen MR) is 128 cm³/mol. The molecular weight excluding hydrogens is 386 g/mol. The van der Waals surface area contributed by atoms with Crippen LogP contribution in [0.1, 0.15) is 43.7 Å². The van der Waals surface area contributed by atoms with Crippen molar-refractivity contribution >= 4 is 17.6 Å². The van der Waals surface area contributed by atoms with Gasteiger partial charge in [0, 0.05) is 51.4 Å². The van der Waals surface area contributed by atoms with Gasteiger partial charge in [-0.3, -0.25) is 14.7 Å². The molecule has 0 radical (unpaired) electrons. The van der Waals surface area contributed by atoms with E-state index in [0.29, 0.717) is 19.0 Å². The number of rotatable bonds is 8. The van der Waals surface area contributed by atoms with Gasteiger partial charge in [0.15, 0.2) is 5.96 Å². The van der Waals surface area contributed by atoms with Gasteiger partial charge in [-0.25, -0.2) is 0 Å². The molecule has 0 aliphatic carbocycles. The van der Waals surface area contributed by atoms with Crippen molar-refractivity contribution in [2.24, 2.45) is 4.99 Å². The highest BCUT2D eigenvalue weighted by molar-refractivity contribution is 5.90. The molecule has 3 N–H and O–H groups in total. The molecule has 2 aromatic carbocycles. The number of amides is 1. The molecular formula is C25H35N5O. The van der Waals surface area contributed by atoms with Crippen LogP contribution in [0, 0.1) is 0 Å². The molecule has 6 heteroatoms. The second-order valence-electron chi connectivity index (χ2n) is 8.10. The molecule has 0 bridgehead atoms. The first-order valence-electron chi connectivity index (χ1n) is 11.3. The molecule has 0 saturated carbocycles. The first-order valence-corrected chi connectivity index (χ1v) is 11.3. The summed E-state index contributed by atoms with van der Waals surface area (Å²) in [5, 5.41) is 9.89. The zero-order chi connectivity index (χ0) is 21.9. The van der Waals surface area contributed by atoms with Crippen LogP contribution in [0.3, 0.4) is 0 Å². The van der Waals surface area contributed by atoms with Crippen LogP contribution in [-0.4, -0.2) is 42.9 Å². The Morgan fingerprint density at radius 3 is 2.39 bits per heavy atom. The van der Waals surface area contributed by atoms with Gasteiger partial charge in [0.05, 0.1) is 0 Å². The Kier molecular flexibility index (Phi) is 8.91. The lowest BCUT2D eigenvalue weighted by Gasteiger charge is -2.33. The molecule has 1 aliphatic heterocycles. The molecule has 0 unspecified atom stereocenters. The molecule has 1 aliphatic rings. The molecule has 2 aromatic rings. The smallest absolute Gasteiger partial charge is 0.224 e. The lowest BCUT2D eigenvalue weighted by Crippen LogP contribution is -2.48. The summed E-state index contributed by atoms with van der Waals surface area (Å²) in [6.07, 6.45) is 3.63. The number of benzene rings is 2. The summed E-state index contributed by atoms with van der Waals surface area (Å²) in [5.74, 6) is 0.898. The molecule has 31 heavy (non-hydrogen) atoms. The first-order chi connectivity index (χ1) is 15.2. The van der Waals surface area contributed by atoms with E-state index in [4.69, 9.17) is 0 Å². The zero-order valence-corrected chi connectivity index (χ0v) is 18.7. The van der Waals surface area contributed by atoms with Crippen molar-refractivity contribution in [2.45, 2.75) is 51.7 Å². The van der Waals surface area contributed by atoms with Gasteiger partial charge in [0.1, 0.15) is 0 Å². The monoisotopic (exact) mass is 421 g/mol. The highest BCUT2D eigenvalue weighted by atomic mass is 16.1. The third kappa shape index (κ3) is 7.72.